The van der Waals surface area contributed by atoms with Gasteiger partial charge in [-0.1, -0.05) is 6.07 Å². The van der Waals surface area contributed by atoms with Crippen LogP contribution in [0.15, 0.2) is 36.7 Å². The first-order valence-corrected chi connectivity index (χ1v) is 6.37. The minimum atomic E-state index is 0.0269. The lowest BCUT2D eigenvalue weighted by molar-refractivity contribution is 0.0992. The Morgan fingerprint density at radius 2 is 2.05 bits per heavy atom. The highest BCUT2D eigenvalue weighted by Gasteiger charge is 2.14. The Morgan fingerprint density at radius 1 is 1.25 bits per heavy atom. The van der Waals surface area contributed by atoms with Gasteiger partial charge in [-0.25, -0.2) is 0 Å². The lowest BCUT2D eigenvalue weighted by Crippen LogP contribution is -2.09. The van der Waals surface area contributed by atoms with Gasteiger partial charge in [-0.3, -0.25) is 19.4 Å². The molecule has 2 aromatic heterocycles. The molecule has 5 nitrogen and oxygen atoms in total. The molecule has 2 heterocycles. The number of para-hydroxylation sites is 1. The van der Waals surface area contributed by atoms with Gasteiger partial charge in [-0.05, 0) is 25.1 Å². The van der Waals surface area contributed by atoms with E-state index in [1.807, 2.05) is 32.2 Å². The molecule has 1 aromatic carbocycles. The van der Waals surface area contributed by atoms with E-state index in [-0.39, 0.29) is 5.78 Å². The first-order valence-electron chi connectivity index (χ1n) is 6.37. The third kappa shape index (κ3) is 2.18. The summed E-state index contributed by atoms with van der Waals surface area (Å²) < 4.78 is 1.74. The number of ketones is 1. The summed E-state index contributed by atoms with van der Waals surface area (Å²) in [6, 6.07) is 7.41. The van der Waals surface area contributed by atoms with Gasteiger partial charge in [0.05, 0.1) is 23.1 Å². The fourth-order valence-electron chi connectivity index (χ4n) is 2.31. The number of nitrogens with zero attached hydrogens (tertiary/aromatic N) is 4. The van der Waals surface area contributed by atoms with E-state index < -0.39 is 0 Å². The number of benzene rings is 1. The maximum absolute atomic E-state index is 12.5. The fourth-order valence-corrected chi connectivity index (χ4v) is 2.31. The normalized spacial score (nSPS) is 10.9. The predicted molar refractivity (Wildman–Crippen MR) is 75.5 cm³/mol. The molecule has 3 rings (SSSR count). The molecule has 100 valence electrons. The van der Waals surface area contributed by atoms with E-state index in [9.17, 15) is 4.79 Å². The average Bonchev–Trinajstić information content (AvgIpc) is 2.76. The van der Waals surface area contributed by atoms with Crippen molar-refractivity contribution in [2.45, 2.75) is 13.3 Å². The number of hydrogen-bond donors (Lipinski definition) is 0. The molecule has 0 bridgehead atoms. The van der Waals surface area contributed by atoms with Crippen LogP contribution in [0.2, 0.25) is 0 Å². The van der Waals surface area contributed by atoms with Crippen LogP contribution in [-0.2, 0) is 13.5 Å². The van der Waals surface area contributed by atoms with Crippen LogP contribution < -0.4 is 0 Å². The zero-order chi connectivity index (χ0) is 14.1. The molecule has 0 unspecified atom stereocenters. The molecule has 0 aliphatic carbocycles. The van der Waals surface area contributed by atoms with Crippen molar-refractivity contribution < 1.29 is 4.79 Å². The molecule has 0 fully saturated rings. The molecular formula is C15H14N4O. The quantitative estimate of drug-likeness (QED) is 0.681. The number of fused-ring (bicyclic) bond motifs is 1. The molecular weight excluding hydrogens is 252 g/mol. The van der Waals surface area contributed by atoms with Crippen LogP contribution in [0.5, 0.6) is 0 Å². The smallest absolute Gasteiger partial charge is 0.171 e. The number of aryl methyl sites for hydroxylation is 2. The second-order valence-electron chi connectivity index (χ2n) is 4.73. The standard InChI is InChI=1S/C15H14N4O/c1-10-8-11(19(2)18-10)9-14(20)12-4-3-5-13-15(12)17-7-6-16-13/h3-8H,9H2,1-2H3. The minimum Gasteiger partial charge on any atom is -0.294 e. The van der Waals surface area contributed by atoms with Crippen molar-refractivity contribution in [3.05, 3.63) is 53.6 Å². The van der Waals surface area contributed by atoms with Crippen LogP contribution in [0.1, 0.15) is 21.7 Å². The predicted octanol–water partition coefficient (Wildman–Crippen LogP) is 2.10. The minimum absolute atomic E-state index is 0.0269. The molecule has 0 radical (unpaired) electrons. The average molecular weight is 266 g/mol. The maximum atomic E-state index is 12.5. The molecule has 0 N–H and O–H groups in total. The Labute approximate surface area is 116 Å². The highest BCUT2D eigenvalue weighted by molar-refractivity contribution is 6.06. The molecule has 0 aliphatic heterocycles. The molecule has 0 aliphatic rings. The number of rotatable bonds is 3. The third-order valence-electron chi connectivity index (χ3n) is 3.24. The van der Waals surface area contributed by atoms with Gasteiger partial charge in [-0.2, -0.15) is 5.10 Å². The summed E-state index contributed by atoms with van der Waals surface area (Å²) >= 11 is 0. The Hall–Kier alpha value is -2.56. The first kappa shape index (κ1) is 12.5. The molecule has 0 spiro atoms. The van der Waals surface area contributed by atoms with Crippen LogP contribution in [0.4, 0.5) is 0 Å². The van der Waals surface area contributed by atoms with Crippen LogP contribution in [0.3, 0.4) is 0 Å². The second kappa shape index (κ2) is 4.85. The molecule has 0 amide bonds. The van der Waals surface area contributed by atoms with Crippen LogP contribution in [0, 0.1) is 6.92 Å². The van der Waals surface area contributed by atoms with E-state index in [0.717, 1.165) is 16.9 Å². The van der Waals surface area contributed by atoms with Gasteiger partial charge in [0.2, 0.25) is 0 Å². The number of aromatic nitrogens is 4. The van der Waals surface area contributed by atoms with Gasteiger partial charge in [0.25, 0.3) is 0 Å². The van der Waals surface area contributed by atoms with Gasteiger partial charge in [0.1, 0.15) is 0 Å². The van der Waals surface area contributed by atoms with Gasteiger partial charge >= 0.3 is 0 Å². The monoisotopic (exact) mass is 266 g/mol. The summed E-state index contributed by atoms with van der Waals surface area (Å²) in [5.74, 6) is 0.0269. The van der Waals surface area contributed by atoms with Crippen molar-refractivity contribution in [3.63, 3.8) is 0 Å². The van der Waals surface area contributed by atoms with Gasteiger partial charge in [0, 0.05) is 30.7 Å². The second-order valence-corrected chi connectivity index (χ2v) is 4.73. The van der Waals surface area contributed by atoms with E-state index in [1.54, 1.807) is 23.1 Å². The van der Waals surface area contributed by atoms with Crippen molar-refractivity contribution in [2.24, 2.45) is 7.05 Å². The molecule has 5 heteroatoms. The summed E-state index contributed by atoms with van der Waals surface area (Å²) in [5.41, 5.74) is 3.80. The highest BCUT2D eigenvalue weighted by atomic mass is 16.1. The van der Waals surface area contributed by atoms with Gasteiger partial charge in [0.15, 0.2) is 5.78 Å². The summed E-state index contributed by atoms with van der Waals surface area (Å²) in [5, 5.41) is 4.26. The van der Waals surface area contributed by atoms with E-state index in [0.29, 0.717) is 17.5 Å². The van der Waals surface area contributed by atoms with Crippen molar-refractivity contribution >= 4 is 16.8 Å². The third-order valence-corrected chi connectivity index (χ3v) is 3.24. The van der Waals surface area contributed by atoms with Gasteiger partial charge < -0.3 is 0 Å². The van der Waals surface area contributed by atoms with E-state index in [1.165, 1.54) is 0 Å². The van der Waals surface area contributed by atoms with Crippen LogP contribution in [0.25, 0.3) is 11.0 Å². The van der Waals surface area contributed by atoms with Crippen molar-refractivity contribution in [1.29, 1.82) is 0 Å². The zero-order valence-electron chi connectivity index (χ0n) is 11.4. The van der Waals surface area contributed by atoms with Crippen molar-refractivity contribution in [3.8, 4) is 0 Å². The highest BCUT2D eigenvalue weighted by Crippen LogP contribution is 2.16. The number of Topliss-reactive ketones (excluding diaryl/α,β-unsaturated/α-hetero) is 1. The largest absolute Gasteiger partial charge is 0.294 e. The maximum Gasteiger partial charge on any atom is 0.171 e. The zero-order valence-corrected chi connectivity index (χ0v) is 11.4. The Bertz CT molecular complexity index is 786. The Balaban J connectivity index is 1.99. The Morgan fingerprint density at radius 3 is 2.80 bits per heavy atom. The fraction of sp³-hybridized carbons (Fsp3) is 0.200. The molecule has 0 atom stereocenters. The molecule has 20 heavy (non-hydrogen) atoms. The molecule has 3 aromatic rings. The lowest BCUT2D eigenvalue weighted by atomic mass is 10.0. The van der Waals surface area contributed by atoms with E-state index in [4.69, 9.17) is 0 Å². The van der Waals surface area contributed by atoms with E-state index >= 15 is 0 Å². The van der Waals surface area contributed by atoms with Crippen LogP contribution >= 0.6 is 0 Å². The summed E-state index contributed by atoms with van der Waals surface area (Å²) in [6.45, 7) is 1.91. The van der Waals surface area contributed by atoms with Crippen molar-refractivity contribution in [1.82, 2.24) is 19.7 Å². The summed E-state index contributed by atoms with van der Waals surface area (Å²) in [7, 11) is 1.85. The molecule has 0 saturated carbocycles. The first-order chi connectivity index (χ1) is 9.65. The lowest BCUT2D eigenvalue weighted by Gasteiger charge is -2.04. The summed E-state index contributed by atoms with van der Waals surface area (Å²) in [4.78, 5) is 21.0. The number of hydrogen-bond acceptors (Lipinski definition) is 4. The van der Waals surface area contributed by atoms with Crippen molar-refractivity contribution in [2.75, 3.05) is 0 Å². The molecule has 0 saturated heterocycles. The number of carbonyl (C=O) groups is 1. The number of carbonyl (C=O) groups excluding carboxylic acids is 1. The SMILES string of the molecule is Cc1cc(CC(=O)c2cccc3nccnc23)n(C)n1. The summed E-state index contributed by atoms with van der Waals surface area (Å²) in [6.07, 6.45) is 3.54. The van der Waals surface area contributed by atoms with E-state index in [2.05, 4.69) is 15.1 Å². The Kier molecular flexibility index (Phi) is 3.02. The van der Waals surface area contributed by atoms with Crippen LogP contribution in [-0.4, -0.2) is 25.5 Å². The van der Waals surface area contributed by atoms with Gasteiger partial charge in [-0.15, -0.1) is 0 Å². The topological polar surface area (TPSA) is 60.7 Å².